The number of amides is 2. The molecule has 1 aromatic carbocycles. The Bertz CT molecular complexity index is 750. The molecule has 0 unspecified atom stereocenters. The molecule has 1 aromatic heterocycles. The molecule has 116 valence electrons. The second-order valence-corrected chi connectivity index (χ2v) is 5.04. The minimum atomic E-state index is -0.585. The number of carbonyl (C=O) groups excluding carboxylic acids is 2. The zero-order valence-corrected chi connectivity index (χ0v) is 12.8. The van der Waals surface area contributed by atoms with E-state index in [0.717, 1.165) is 0 Å². The van der Waals surface area contributed by atoms with Gasteiger partial charge < -0.3 is 15.1 Å². The predicted octanol–water partition coefficient (Wildman–Crippen LogP) is 3.55. The highest BCUT2D eigenvalue weighted by Gasteiger charge is 2.19. The first kappa shape index (κ1) is 15.8. The van der Waals surface area contributed by atoms with Crippen LogP contribution in [-0.4, -0.2) is 11.8 Å². The summed E-state index contributed by atoms with van der Waals surface area (Å²) in [4.78, 5) is 23.4. The molecule has 0 spiro atoms. The Labute approximate surface area is 127 Å². The largest absolute Gasteiger partial charge is 0.466 e. The molecule has 0 bridgehead atoms. The molecule has 5 nitrogen and oxygen atoms in total. The summed E-state index contributed by atoms with van der Waals surface area (Å²) in [5.74, 6) is -0.189. The van der Waals surface area contributed by atoms with Crippen molar-refractivity contribution in [1.82, 2.24) is 0 Å². The van der Waals surface area contributed by atoms with Crippen LogP contribution < -0.4 is 10.6 Å². The van der Waals surface area contributed by atoms with E-state index in [1.807, 2.05) is 0 Å². The number of aryl methyl sites for hydroxylation is 2. The maximum absolute atomic E-state index is 13.8. The van der Waals surface area contributed by atoms with Crippen LogP contribution in [-0.2, 0) is 4.79 Å². The van der Waals surface area contributed by atoms with Crippen LogP contribution in [0.25, 0.3) is 0 Å². The zero-order chi connectivity index (χ0) is 16.4. The zero-order valence-electron chi connectivity index (χ0n) is 12.8. The van der Waals surface area contributed by atoms with Gasteiger partial charge in [-0.05, 0) is 39.0 Å². The van der Waals surface area contributed by atoms with Gasteiger partial charge in [-0.1, -0.05) is 0 Å². The van der Waals surface area contributed by atoms with Gasteiger partial charge >= 0.3 is 0 Å². The first-order valence-corrected chi connectivity index (χ1v) is 6.74. The molecule has 0 radical (unpaired) electrons. The van der Waals surface area contributed by atoms with Crippen LogP contribution in [0.4, 0.5) is 15.8 Å². The van der Waals surface area contributed by atoms with Gasteiger partial charge in [-0.3, -0.25) is 9.59 Å². The molecule has 6 heteroatoms. The second-order valence-electron chi connectivity index (χ2n) is 5.04. The van der Waals surface area contributed by atoms with Gasteiger partial charge in [0.2, 0.25) is 5.91 Å². The smallest absolute Gasteiger partial charge is 0.259 e. The van der Waals surface area contributed by atoms with Crippen LogP contribution in [0.5, 0.6) is 0 Å². The van der Waals surface area contributed by atoms with E-state index in [4.69, 9.17) is 4.42 Å². The van der Waals surface area contributed by atoms with Crippen LogP contribution in [0.15, 0.2) is 22.6 Å². The summed E-state index contributed by atoms with van der Waals surface area (Å²) in [5.41, 5.74) is 1.50. The molecule has 0 aliphatic carbocycles. The third-order valence-corrected chi connectivity index (χ3v) is 3.32. The van der Waals surface area contributed by atoms with Gasteiger partial charge in [-0.2, -0.15) is 0 Å². The topological polar surface area (TPSA) is 71.3 Å². The monoisotopic (exact) mass is 304 g/mol. The van der Waals surface area contributed by atoms with Crippen LogP contribution in [0.3, 0.4) is 0 Å². The minimum absolute atomic E-state index is 0.00565. The Morgan fingerprint density at radius 1 is 1.09 bits per heavy atom. The Balaban J connectivity index is 2.30. The van der Waals surface area contributed by atoms with Gasteiger partial charge in [0.05, 0.1) is 11.3 Å². The first-order valence-electron chi connectivity index (χ1n) is 6.74. The van der Waals surface area contributed by atoms with Gasteiger partial charge in [0.15, 0.2) is 0 Å². The summed E-state index contributed by atoms with van der Waals surface area (Å²) < 4.78 is 19.2. The van der Waals surface area contributed by atoms with Crippen LogP contribution in [0, 0.1) is 26.6 Å². The van der Waals surface area contributed by atoms with E-state index in [-0.39, 0.29) is 11.6 Å². The van der Waals surface area contributed by atoms with Crippen molar-refractivity contribution in [2.24, 2.45) is 0 Å². The van der Waals surface area contributed by atoms with Crippen molar-refractivity contribution in [3.63, 3.8) is 0 Å². The molecule has 0 aliphatic rings. The lowest BCUT2D eigenvalue weighted by molar-refractivity contribution is -0.114. The maximum atomic E-state index is 13.8. The lowest BCUT2D eigenvalue weighted by Gasteiger charge is -2.09. The predicted molar refractivity (Wildman–Crippen MR) is 81.6 cm³/mol. The van der Waals surface area contributed by atoms with E-state index in [1.54, 1.807) is 20.8 Å². The van der Waals surface area contributed by atoms with Crippen LogP contribution in [0.1, 0.15) is 34.4 Å². The second kappa shape index (κ2) is 6.01. The molecular formula is C16H17FN2O3. The SMILES string of the molecule is CC(=O)Nc1ccc(F)c(NC(=O)c2c(C)oc(C)c2C)c1. The average molecular weight is 304 g/mol. The van der Waals surface area contributed by atoms with E-state index in [9.17, 15) is 14.0 Å². The molecule has 1 heterocycles. The normalized spacial score (nSPS) is 10.4. The van der Waals surface area contributed by atoms with Crippen molar-refractivity contribution < 1.29 is 18.4 Å². The molecule has 2 aromatic rings. The summed E-state index contributed by atoms with van der Waals surface area (Å²) in [6.07, 6.45) is 0. The number of furan rings is 1. The third kappa shape index (κ3) is 3.16. The highest BCUT2D eigenvalue weighted by Crippen LogP contribution is 2.24. The summed E-state index contributed by atoms with van der Waals surface area (Å²) >= 11 is 0. The van der Waals surface area contributed by atoms with E-state index in [1.165, 1.54) is 25.1 Å². The van der Waals surface area contributed by atoms with Crippen molar-refractivity contribution in [3.8, 4) is 0 Å². The van der Waals surface area contributed by atoms with Gasteiger partial charge in [-0.25, -0.2) is 4.39 Å². The molecule has 22 heavy (non-hydrogen) atoms. The van der Waals surface area contributed by atoms with Gasteiger partial charge in [0.25, 0.3) is 5.91 Å². The van der Waals surface area contributed by atoms with Gasteiger partial charge in [-0.15, -0.1) is 0 Å². The van der Waals surface area contributed by atoms with Gasteiger partial charge in [0.1, 0.15) is 17.3 Å². The van der Waals surface area contributed by atoms with Crippen molar-refractivity contribution >= 4 is 23.2 Å². The molecule has 0 saturated heterocycles. The fourth-order valence-electron chi connectivity index (χ4n) is 2.21. The summed E-state index contributed by atoms with van der Waals surface area (Å²) in [6.45, 7) is 6.56. The number of nitrogens with one attached hydrogen (secondary N) is 2. The quantitative estimate of drug-likeness (QED) is 0.911. The summed E-state index contributed by atoms with van der Waals surface area (Å²) in [5, 5.41) is 5.05. The molecular weight excluding hydrogens is 287 g/mol. The highest BCUT2D eigenvalue weighted by atomic mass is 19.1. The number of benzene rings is 1. The Morgan fingerprint density at radius 2 is 1.77 bits per heavy atom. The number of carbonyl (C=O) groups is 2. The van der Waals surface area contributed by atoms with Crippen molar-refractivity contribution in [2.45, 2.75) is 27.7 Å². The van der Waals surface area contributed by atoms with Crippen molar-refractivity contribution in [2.75, 3.05) is 10.6 Å². The Morgan fingerprint density at radius 3 is 2.32 bits per heavy atom. The first-order chi connectivity index (χ1) is 10.3. The van der Waals surface area contributed by atoms with E-state index in [2.05, 4.69) is 10.6 Å². The molecule has 0 aliphatic heterocycles. The molecule has 0 saturated carbocycles. The molecule has 2 N–H and O–H groups in total. The number of rotatable bonds is 3. The lowest BCUT2D eigenvalue weighted by atomic mass is 10.1. The third-order valence-electron chi connectivity index (χ3n) is 3.32. The van der Waals surface area contributed by atoms with Crippen molar-refractivity contribution in [1.29, 1.82) is 0 Å². The minimum Gasteiger partial charge on any atom is -0.466 e. The number of halogens is 1. The fourth-order valence-corrected chi connectivity index (χ4v) is 2.21. The number of hydrogen-bond acceptors (Lipinski definition) is 3. The number of anilines is 2. The van der Waals surface area contributed by atoms with E-state index in [0.29, 0.717) is 28.3 Å². The maximum Gasteiger partial charge on any atom is 0.259 e. The average Bonchev–Trinajstić information content (AvgIpc) is 2.66. The molecule has 0 fully saturated rings. The highest BCUT2D eigenvalue weighted by molar-refractivity contribution is 6.06. The Hall–Kier alpha value is -2.63. The molecule has 0 atom stereocenters. The van der Waals surface area contributed by atoms with E-state index < -0.39 is 11.7 Å². The molecule has 2 amide bonds. The number of hydrogen-bond donors (Lipinski definition) is 2. The summed E-state index contributed by atoms with van der Waals surface area (Å²) in [7, 11) is 0. The van der Waals surface area contributed by atoms with Gasteiger partial charge in [0, 0.05) is 18.2 Å². The van der Waals surface area contributed by atoms with Crippen LogP contribution in [0.2, 0.25) is 0 Å². The standard InChI is InChI=1S/C16H17FN2O3/c1-8-9(2)22-10(3)15(8)16(21)19-14-7-12(18-11(4)20)5-6-13(14)17/h5-7H,1-4H3,(H,18,20)(H,19,21). The fraction of sp³-hybridized carbons (Fsp3) is 0.250. The van der Waals surface area contributed by atoms with Crippen LogP contribution >= 0.6 is 0 Å². The lowest BCUT2D eigenvalue weighted by Crippen LogP contribution is -2.15. The van der Waals surface area contributed by atoms with Crippen molar-refractivity contribution in [3.05, 3.63) is 46.7 Å². The molecule has 2 rings (SSSR count). The van der Waals surface area contributed by atoms with E-state index >= 15 is 0 Å². The Kier molecular flexibility index (Phi) is 4.30. The summed E-state index contributed by atoms with van der Waals surface area (Å²) in [6, 6.07) is 3.97.